The molecule has 1 nitrogen and oxygen atoms in total. The van der Waals surface area contributed by atoms with Crippen molar-refractivity contribution in [3.63, 3.8) is 0 Å². The lowest BCUT2D eigenvalue weighted by atomic mass is 10.2. The number of hydrogen-bond acceptors (Lipinski definition) is 1. The molecule has 1 aromatic carbocycles. The minimum absolute atomic E-state index is 0.503. The number of para-hydroxylation sites is 1. The predicted molar refractivity (Wildman–Crippen MR) is 46.6 cm³/mol. The zero-order chi connectivity index (χ0) is 6.97. The summed E-state index contributed by atoms with van der Waals surface area (Å²) in [5.74, 6) is 0. The van der Waals surface area contributed by atoms with Gasteiger partial charge in [0.2, 0.25) is 0 Å². The van der Waals surface area contributed by atoms with Gasteiger partial charge in [-0.3, -0.25) is 0 Å². The van der Waals surface area contributed by atoms with Gasteiger partial charge in [0.15, 0.2) is 0 Å². The quantitative estimate of drug-likeness (QED) is 0.631. The number of nitrogens with one attached hydrogen (secondary N) is 1. The second kappa shape index (κ2) is 2.27. The number of rotatable bonds is 0. The maximum absolute atomic E-state index is 3.57. The third kappa shape index (κ3) is 0.833. The average molecular weight is 198 g/mol. The average Bonchev–Trinajstić information content (AvgIpc) is 2.34. The molecule has 0 saturated carbocycles. The van der Waals surface area contributed by atoms with Crippen molar-refractivity contribution in [2.24, 2.45) is 0 Å². The second-order valence-electron chi connectivity index (χ2n) is 2.44. The molecule has 1 aliphatic rings. The Morgan fingerprint density at radius 1 is 1.40 bits per heavy atom. The van der Waals surface area contributed by atoms with E-state index in [1.54, 1.807) is 0 Å². The normalized spacial score (nSPS) is 21.9. The monoisotopic (exact) mass is 197 g/mol. The summed E-state index contributed by atoms with van der Waals surface area (Å²) < 4.78 is 0. The van der Waals surface area contributed by atoms with Crippen LogP contribution in [0.2, 0.25) is 0 Å². The summed E-state index contributed by atoms with van der Waals surface area (Å²) in [6.45, 7) is 1.01. The van der Waals surface area contributed by atoms with Crippen molar-refractivity contribution in [3.05, 3.63) is 29.8 Å². The lowest BCUT2D eigenvalue weighted by molar-refractivity contribution is 1.09. The number of anilines is 1. The van der Waals surface area contributed by atoms with E-state index in [-0.39, 0.29) is 0 Å². The first-order valence-corrected chi connectivity index (χ1v) is 4.26. The van der Waals surface area contributed by atoms with E-state index >= 15 is 0 Å². The van der Waals surface area contributed by atoms with Crippen LogP contribution in [0.15, 0.2) is 24.3 Å². The van der Waals surface area contributed by atoms with E-state index in [2.05, 4.69) is 45.5 Å². The van der Waals surface area contributed by atoms with Crippen LogP contribution < -0.4 is 5.32 Å². The second-order valence-corrected chi connectivity index (χ2v) is 3.54. The molecule has 0 aromatic heterocycles. The van der Waals surface area contributed by atoms with Crippen LogP contribution in [0.5, 0.6) is 0 Å². The molecule has 1 N–H and O–H groups in total. The highest BCUT2D eigenvalue weighted by Gasteiger charge is 2.17. The Hall–Kier alpha value is -0.500. The molecule has 0 radical (unpaired) electrons. The van der Waals surface area contributed by atoms with Gasteiger partial charge in [-0.05, 0) is 11.6 Å². The van der Waals surface area contributed by atoms with E-state index in [4.69, 9.17) is 0 Å². The van der Waals surface area contributed by atoms with Gasteiger partial charge in [0.25, 0.3) is 0 Å². The molecular weight excluding hydrogens is 190 g/mol. The third-order valence-electron chi connectivity index (χ3n) is 1.77. The van der Waals surface area contributed by atoms with Crippen LogP contribution in [0.25, 0.3) is 0 Å². The largest absolute Gasteiger partial charge is 0.383 e. The molecule has 0 bridgehead atoms. The number of hydrogen-bond donors (Lipinski definition) is 1. The topological polar surface area (TPSA) is 12.0 Å². The van der Waals surface area contributed by atoms with Crippen LogP contribution in [-0.2, 0) is 0 Å². The number of halogens is 1. The fourth-order valence-corrected chi connectivity index (χ4v) is 1.80. The Morgan fingerprint density at radius 3 is 3.00 bits per heavy atom. The summed E-state index contributed by atoms with van der Waals surface area (Å²) in [4.78, 5) is 0.503. The lowest BCUT2D eigenvalue weighted by Gasteiger charge is -1.97. The minimum atomic E-state index is 0.503. The molecule has 0 saturated heterocycles. The SMILES string of the molecule is BrC1CNc2ccccc21. The molecule has 2 heteroatoms. The molecule has 52 valence electrons. The molecule has 1 aromatic rings. The van der Waals surface area contributed by atoms with Crippen LogP contribution in [0.4, 0.5) is 5.69 Å². The third-order valence-corrected chi connectivity index (χ3v) is 2.59. The smallest absolute Gasteiger partial charge is 0.0588 e. The zero-order valence-electron chi connectivity index (χ0n) is 5.47. The van der Waals surface area contributed by atoms with E-state index in [9.17, 15) is 0 Å². The Bertz CT molecular complexity index is 247. The van der Waals surface area contributed by atoms with Gasteiger partial charge in [-0.25, -0.2) is 0 Å². The number of fused-ring (bicyclic) bond motifs is 1. The van der Waals surface area contributed by atoms with Crippen LogP contribution in [0.1, 0.15) is 10.4 Å². The van der Waals surface area contributed by atoms with E-state index < -0.39 is 0 Å². The maximum Gasteiger partial charge on any atom is 0.0588 e. The van der Waals surface area contributed by atoms with Crippen molar-refractivity contribution in [3.8, 4) is 0 Å². The molecule has 0 spiro atoms. The molecule has 0 fully saturated rings. The van der Waals surface area contributed by atoms with E-state index in [0.29, 0.717) is 4.83 Å². The Morgan fingerprint density at radius 2 is 2.20 bits per heavy atom. The van der Waals surface area contributed by atoms with Gasteiger partial charge in [0.05, 0.1) is 4.83 Å². The Balaban J connectivity index is 2.51. The number of alkyl halides is 1. The predicted octanol–water partition coefficient (Wildman–Crippen LogP) is 2.55. The Labute approximate surface area is 68.6 Å². The highest BCUT2D eigenvalue weighted by Crippen LogP contribution is 2.34. The maximum atomic E-state index is 3.57. The summed E-state index contributed by atoms with van der Waals surface area (Å²) in [7, 11) is 0. The molecule has 10 heavy (non-hydrogen) atoms. The summed E-state index contributed by atoms with van der Waals surface area (Å²) in [5.41, 5.74) is 2.65. The zero-order valence-corrected chi connectivity index (χ0v) is 7.06. The first-order chi connectivity index (χ1) is 4.88. The standard InChI is InChI=1S/C8H8BrN/c9-7-5-10-8-4-2-1-3-6(7)8/h1-4,7,10H,5H2. The van der Waals surface area contributed by atoms with Crippen molar-refractivity contribution in [1.29, 1.82) is 0 Å². The highest BCUT2D eigenvalue weighted by atomic mass is 79.9. The number of benzene rings is 1. The molecule has 1 unspecified atom stereocenters. The summed E-state index contributed by atoms with van der Waals surface area (Å²) >= 11 is 3.57. The molecule has 0 amide bonds. The highest BCUT2D eigenvalue weighted by molar-refractivity contribution is 9.09. The van der Waals surface area contributed by atoms with Crippen molar-refractivity contribution in [2.45, 2.75) is 4.83 Å². The molecule has 1 heterocycles. The molecule has 0 aliphatic carbocycles. The summed E-state index contributed by atoms with van der Waals surface area (Å²) in [6.07, 6.45) is 0. The van der Waals surface area contributed by atoms with Crippen molar-refractivity contribution in [2.75, 3.05) is 11.9 Å². The van der Waals surface area contributed by atoms with Crippen LogP contribution >= 0.6 is 15.9 Å². The minimum Gasteiger partial charge on any atom is -0.383 e. The lowest BCUT2D eigenvalue weighted by Crippen LogP contribution is -1.93. The van der Waals surface area contributed by atoms with Crippen LogP contribution in [0, 0.1) is 0 Å². The van der Waals surface area contributed by atoms with Crippen molar-refractivity contribution >= 4 is 21.6 Å². The van der Waals surface area contributed by atoms with Crippen LogP contribution in [0.3, 0.4) is 0 Å². The van der Waals surface area contributed by atoms with Gasteiger partial charge in [-0.2, -0.15) is 0 Å². The summed E-state index contributed by atoms with van der Waals surface area (Å²) in [5, 5.41) is 3.30. The molecule has 2 rings (SSSR count). The first-order valence-electron chi connectivity index (χ1n) is 3.35. The van der Waals surface area contributed by atoms with Crippen LogP contribution in [-0.4, -0.2) is 6.54 Å². The first kappa shape index (κ1) is 6.23. The molecular formula is C8H8BrN. The fraction of sp³-hybridized carbons (Fsp3) is 0.250. The van der Waals surface area contributed by atoms with Crippen molar-refractivity contribution < 1.29 is 0 Å². The van der Waals surface area contributed by atoms with Gasteiger partial charge >= 0.3 is 0 Å². The van der Waals surface area contributed by atoms with Gasteiger partial charge in [-0.15, -0.1) is 0 Å². The molecule has 1 atom stereocenters. The van der Waals surface area contributed by atoms with Gasteiger partial charge in [0.1, 0.15) is 0 Å². The summed E-state index contributed by atoms with van der Waals surface area (Å²) in [6, 6.07) is 8.38. The Kier molecular flexibility index (Phi) is 1.42. The van der Waals surface area contributed by atoms with Gasteiger partial charge in [0, 0.05) is 12.2 Å². The van der Waals surface area contributed by atoms with Crippen molar-refractivity contribution in [1.82, 2.24) is 0 Å². The van der Waals surface area contributed by atoms with E-state index in [1.807, 2.05) is 0 Å². The van der Waals surface area contributed by atoms with Gasteiger partial charge < -0.3 is 5.32 Å². The van der Waals surface area contributed by atoms with Gasteiger partial charge in [-0.1, -0.05) is 34.1 Å². The van der Waals surface area contributed by atoms with E-state index in [0.717, 1.165) is 6.54 Å². The van der Waals surface area contributed by atoms with E-state index in [1.165, 1.54) is 11.3 Å². The molecule has 1 aliphatic heterocycles. The fourth-order valence-electron chi connectivity index (χ4n) is 1.24.